The zero-order valence-corrected chi connectivity index (χ0v) is 14.4. The van der Waals surface area contributed by atoms with Gasteiger partial charge in [0.25, 0.3) is 5.91 Å². The van der Waals surface area contributed by atoms with Crippen LogP contribution >= 0.6 is 12.2 Å². The van der Waals surface area contributed by atoms with Crippen molar-refractivity contribution in [1.82, 2.24) is 10.3 Å². The number of aromatic amines is 1. The molecule has 0 saturated carbocycles. The summed E-state index contributed by atoms with van der Waals surface area (Å²) in [5.41, 5.74) is -0.697. The van der Waals surface area contributed by atoms with E-state index < -0.39 is 17.6 Å². The van der Waals surface area contributed by atoms with Gasteiger partial charge in [0.05, 0.1) is 17.2 Å². The fourth-order valence-electron chi connectivity index (χ4n) is 2.19. The van der Waals surface area contributed by atoms with Gasteiger partial charge in [-0.25, -0.2) is 0 Å². The summed E-state index contributed by atoms with van der Waals surface area (Å²) in [7, 11) is 0. The van der Waals surface area contributed by atoms with Crippen LogP contribution in [0.2, 0.25) is 0 Å². The van der Waals surface area contributed by atoms with Crippen molar-refractivity contribution >= 4 is 18.1 Å². The molecule has 1 amide bonds. The summed E-state index contributed by atoms with van der Waals surface area (Å²) in [6, 6.07) is 6.77. The monoisotopic (exact) mass is 370 g/mol. The quantitative estimate of drug-likeness (QED) is 0.763. The molecule has 1 aromatic heterocycles. The van der Waals surface area contributed by atoms with Gasteiger partial charge in [-0.1, -0.05) is 18.3 Å². The third-order valence-electron chi connectivity index (χ3n) is 3.26. The van der Waals surface area contributed by atoms with E-state index in [9.17, 15) is 18.0 Å². The molecule has 0 radical (unpaired) electrons. The molecule has 4 nitrogen and oxygen atoms in total. The highest BCUT2D eigenvalue weighted by atomic mass is 32.1. The van der Waals surface area contributed by atoms with Crippen LogP contribution in [0.25, 0.3) is 0 Å². The average Bonchev–Trinajstić information content (AvgIpc) is 2.52. The number of aromatic nitrogens is 1. The lowest BCUT2D eigenvalue weighted by atomic mass is 10.1. The summed E-state index contributed by atoms with van der Waals surface area (Å²) in [6.07, 6.45) is -3.24. The number of pyridine rings is 1. The van der Waals surface area contributed by atoms with Crippen molar-refractivity contribution in [2.75, 3.05) is 0 Å². The van der Waals surface area contributed by atoms with Crippen LogP contribution in [0.5, 0.6) is 5.75 Å². The molecular formula is C17H17F3N2O2S. The highest BCUT2D eigenvalue weighted by molar-refractivity contribution is 7.71. The second kappa shape index (κ2) is 7.69. The number of nitrogens with one attached hydrogen (secondary N) is 2. The van der Waals surface area contributed by atoms with Gasteiger partial charge in [-0.15, -0.1) is 0 Å². The van der Waals surface area contributed by atoms with Crippen molar-refractivity contribution in [2.45, 2.75) is 32.7 Å². The second-order valence-corrected chi connectivity index (χ2v) is 5.99. The molecule has 2 aromatic rings. The smallest absolute Gasteiger partial charge is 0.416 e. The van der Waals surface area contributed by atoms with Gasteiger partial charge in [-0.2, -0.15) is 13.2 Å². The van der Waals surface area contributed by atoms with E-state index in [0.717, 1.165) is 6.07 Å². The number of alkyl halides is 3. The Morgan fingerprint density at radius 2 is 2.04 bits per heavy atom. The molecule has 0 aliphatic heterocycles. The lowest BCUT2D eigenvalue weighted by molar-refractivity contribution is -0.138. The van der Waals surface area contributed by atoms with Crippen LogP contribution in [0.15, 0.2) is 36.5 Å². The number of amides is 1. The lowest BCUT2D eigenvalue weighted by Crippen LogP contribution is -2.25. The number of benzene rings is 1. The third kappa shape index (κ3) is 5.06. The molecule has 0 bridgehead atoms. The fourth-order valence-corrected chi connectivity index (χ4v) is 2.42. The van der Waals surface area contributed by atoms with Crippen molar-refractivity contribution in [3.05, 3.63) is 57.9 Å². The standard InChI is InChI=1S/C17H17F3N2O2S/c1-10(2)24-12-6-5-11(14(8-12)17(18,19)20)9-22-15(23)13-4-3-7-21-16(13)25/h3-8,10H,9H2,1-2H3,(H,21,25)(H,22,23). The summed E-state index contributed by atoms with van der Waals surface area (Å²) in [5.74, 6) is -0.416. The first-order chi connectivity index (χ1) is 11.7. The van der Waals surface area contributed by atoms with Gasteiger partial charge < -0.3 is 15.0 Å². The minimum atomic E-state index is -4.56. The first-order valence-electron chi connectivity index (χ1n) is 7.51. The highest BCUT2D eigenvalue weighted by Gasteiger charge is 2.34. The van der Waals surface area contributed by atoms with Crippen LogP contribution in [0.3, 0.4) is 0 Å². The molecule has 0 aliphatic carbocycles. The normalized spacial score (nSPS) is 11.4. The lowest BCUT2D eigenvalue weighted by Gasteiger charge is -2.17. The van der Waals surface area contributed by atoms with E-state index >= 15 is 0 Å². The van der Waals surface area contributed by atoms with Crippen LogP contribution in [0.1, 0.15) is 35.3 Å². The van der Waals surface area contributed by atoms with Crippen LogP contribution in [-0.2, 0) is 12.7 Å². The summed E-state index contributed by atoms with van der Waals surface area (Å²) in [6.45, 7) is 3.18. The molecule has 0 fully saturated rings. The number of halogens is 3. The van der Waals surface area contributed by atoms with E-state index in [2.05, 4.69) is 10.3 Å². The average molecular weight is 370 g/mol. The Kier molecular flexibility index (Phi) is 5.84. The Morgan fingerprint density at radius 3 is 2.64 bits per heavy atom. The molecule has 1 aromatic carbocycles. The van der Waals surface area contributed by atoms with Gasteiger partial charge in [0.15, 0.2) is 0 Å². The van der Waals surface area contributed by atoms with Crippen LogP contribution < -0.4 is 10.1 Å². The number of carbonyl (C=O) groups excluding carboxylic acids is 1. The van der Waals surface area contributed by atoms with E-state index in [1.54, 1.807) is 26.1 Å². The van der Waals surface area contributed by atoms with Gasteiger partial charge in [0.1, 0.15) is 10.4 Å². The number of hydrogen-bond acceptors (Lipinski definition) is 3. The Morgan fingerprint density at radius 1 is 1.32 bits per heavy atom. The van der Waals surface area contributed by atoms with Crippen molar-refractivity contribution in [3.8, 4) is 5.75 Å². The third-order valence-corrected chi connectivity index (χ3v) is 3.60. The van der Waals surface area contributed by atoms with Gasteiger partial charge in [-0.05, 0) is 43.7 Å². The molecule has 8 heteroatoms. The van der Waals surface area contributed by atoms with Crippen LogP contribution in [0.4, 0.5) is 13.2 Å². The van der Waals surface area contributed by atoms with E-state index in [4.69, 9.17) is 17.0 Å². The molecule has 2 N–H and O–H groups in total. The number of hydrogen-bond donors (Lipinski definition) is 2. The predicted molar refractivity (Wildman–Crippen MR) is 90.0 cm³/mol. The summed E-state index contributed by atoms with van der Waals surface area (Å²) >= 11 is 4.99. The zero-order valence-electron chi connectivity index (χ0n) is 13.6. The number of rotatable bonds is 5. The summed E-state index contributed by atoms with van der Waals surface area (Å²) < 4.78 is 45.4. The summed E-state index contributed by atoms with van der Waals surface area (Å²) in [5, 5.41) is 2.46. The van der Waals surface area contributed by atoms with E-state index in [0.29, 0.717) is 0 Å². The van der Waals surface area contributed by atoms with Gasteiger partial charge in [0.2, 0.25) is 0 Å². The molecule has 1 heterocycles. The largest absolute Gasteiger partial charge is 0.491 e. The maximum Gasteiger partial charge on any atom is 0.416 e. The number of ether oxygens (including phenoxy) is 1. The Balaban J connectivity index is 2.22. The minimum absolute atomic E-state index is 0.0530. The van der Waals surface area contributed by atoms with Crippen molar-refractivity contribution in [2.24, 2.45) is 0 Å². The van der Waals surface area contributed by atoms with E-state index in [1.807, 2.05) is 0 Å². The topological polar surface area (TPSA) is 54.1 Å². The number of H-pyrrole nitrogens is 1. The van der Waals surface area contributed by atoms with Crippen LogP contribution in [0, 0.1) is 4.64 Å². The molecule has 0 spiro atoms. The zero-order chi connectivity index (χ0) is 18.6. The maximum absolute atomic E-state index is 13.3. The fraction of sp³-hybridized carbons (Fsp3) is 0.294. The first kappa shape index (κ1) is 19.0. The van der Waals surface area contributed by atoms with Crippen LogP contribution in [-0.4, -0.2) is 17.0 Å². The minimum Gasteiger partial charge on any atom is -0.491 e. The molecular weight excluding hydrogens is 353 g/mol. The van der Waals surface area contributed by atoms with Crippen molar-refractivity contribution < 1.29 is 22.7 Å². The number of carbonyl (C=O) groups is 1. The molecule has 0 atom stereocenters. The molecule has 25 heavy (non-hydrogen) atoms. The SMILES string of the molecule is CC(C)Oc1ccc(CNC(=O)c2ccc[nH]c2=S)c(C(F)(F)F)c1. The Bertz CT molecular complexity index is 816. The Labute approximate surface area is 148 Å². The molecule has 0 aliphatic rings. The predicted octanol–water partition coefficient (Wildman–Crippen LogP) is 4.48. The van der Waals surface area contributed by atoms with E-state index in [1.165, 1.54) is 18.2 Å². The molecule has 134 valence electrons. The molecule has 2 rings (SSSR count). The van der Waals surface area contributed by atoms with Crippen molar-refractivity contribution in [3.63, 3.8) is 0 Å². The second-order valence-electron chi connectivity index (χ2n) is 5.58. The van der Waals surface area contributed by atoms with Gasteiger partial charge in [-0.3, -0.25) is 4.79 Å². The Hall–Kier alpha value is -2.35. The van der Waals surface area contributed by atoms with E-state index in [-0.39, 0.29) is 34.2 Å². The highest BCUT2D eigenvalue weighted by Crippen LogP contribution is 2.34. The van der Waals surface area contributed by atoms with Gasteiger partial charge in [0, 0.05) is 12.7 Å². The molecule has 0 unspecified atom stereocenters. The van der Waals surface area contributed by atoms with Crippen molar-refractivity contribution in [1.29, 1.82) is 0 Å². The first-order valence-corrected chi connectivity index (χ1v) is 7.92. The van der Waals surface area contributed by atoms with Gasteiger partial charge >= 0.3 is 6.18 Å². The maximum atomic E-state index is 13.3. The molecule has 0 saturated heterocycles. The summed E-state index contributed by atoms with van der Waals surface area (Å²) in [4.78, 5) is 14.8.